The molecular weight excluding hydrogens is 454 g/mol. The minimum Gasteiger partial charge on any atom is -0.545 e. The zero-order valence-corrected chi connectivity index (χ0v) is 19.7. The number of nitrogens with zero attached hydrogens (tertiary/aromatic N) is 6. The van der Waals surface area contributed by atoms with E-state index in [1.807, 2.05) is 53.4 Å². The van der Waals surface area contributed by atoms with Gasteiger partial charge in [-0.2, -0.15) is 5.21 Å². The van der Waals surface area contributed by atoms with Gasteiger partial charge in [-0.1, -0.05) is 55.5 Å². The fourth-order valence-electron chi connectivity index (χ4n) is 4.25. The molecule has 0 spiro atoms. The summed E-state index contributed by atoms with van der Waals surface area (Å²) in [6.07, 6.45) is 8.09. The highest BCUT2D eigenvalue weighted by Crippen LogP contribution is 2.30. The van der Waals surface area contributed by atoms with Crippen molar-refractivity contribution in [3.8, 4) is 28.3 Å². The van der Waals surface area contributed by atoms with Gasteiger partial charge in [0.05, 0.1) is 11.7 Å². The van der Waals surface area contributed by atoms with Gasteiger partial charge in [0, 0.05) is 30.9 Å². The zero-order valence-electron chi connectivity index (χ0n) is 19.7. The number of aromatic nitrogens is 7. The van der Waals surface area contributed by atoms with E-state index < -0.39 is 5.97 Å². The number of aryl methyl sites for hydroxylation is 1. The Balaban J connectivity index is 1.51. The van der Waals surface area contributed by atoms with E-state index in [-0.39, 0.29) is 0 Å². The highest BCUT2D eigenvalue weighted by Gasteiger charge is 2.17. The molecule has 9 nitrogen and oxygen atoms in total. The van der Waals surface area contributed by atoms with Gasteiger partial charge in [-0.05, 0) is 52.6 Å². The zero-order chi connectivity index (χ0) is 24.9. The Hall–Kier alpha value is -4.79. The molecule has 0 fully saturated rings. The highest BCUT2D eigenvalue weighted by atomic mass is 16.4. The molecule has 2 aromatic carbocycles. The third-order valence-corrected chi connectivity index (χ3v) is 5.89. The third-order valence-electron chi connectivity index (χ3n) is 5.89. The molecule has 0 saturated heterocycles. The maximum Gasteiger partial charge on any atom is 0.205 e. The van der Waals surface area contributed by atoms with Gasteiger partial charge in [-0.25, -0.2) is 4.98 Å². The lowest BCUT2D eigenvalue weighted by Gasteiger charge is -2.12. The number of benzene rings is 2. The number of aromatic amines is 1. The number of carbonyl (C=O) groups excluding carboxylic acids is 1. The molecule has 0 aliphatic heterocycles. The van der Waals surface area contributed by atoms with Crippen LogP contribution in [0.2, 0.25) is 0 Å². The normalized spacial score (nSPS) is 11.4. The summed E-state index contributed by atoms with van der Waals surface area (Å²) in [5.74, 6) is 0.874. The molecule has 1 N–H and O–H groups in total. The van der Waals surface area contributed by atoms with E-state index >= 15 is 0 Å². The molecular formula is C27H24N7O2-. The molecule has 0 amide bonds. The van der Waals surface area contributed by atoms with E-state index in [0.29, 0.717) is 23.9 Å². The Kier molecular flexibility index (Phi) is 6.53. The lowest BCUT2D eigenvalue weighted by molar-refractivity contribution is -0.297. The minimum absolute atomic E-state index is 0.541. The van der Waals surface area contributed by atoms with Gasteiger partial charge in [0.1, 0.15) is 5.82 Å². The molecule has 0 bridgehead atoms. The summed E-state index contributed by atoms with van der Waals surface area (Å²) >= 11 is 0. The van der Waals surface area contributed by atoms with Crippen LogP contribution in [-0.2, 0) is 17.8 Å². The molecule has 3 aromatic heterocycles. The van der Waals surface area contributed by atoms with Crippen LogP contribution in [0, 0.1) is 0 Å². The predicted octanol–water partition coefficient (Wildman–Crippen LogP) is 3.28. The largest absolute Gasteiger partial charge is 0.545 e. The summed E-state index contributed by atoms with van der Waals surface area (Å²) in [5.41, 5.74) is 4.71. The van der Waals surface area contributed by atoms with Gasteiger partial charge >= 0.3 is 0 Å². The molecule has 3 heterocycles. The quantitative estimate of drug-likeness (QED) is 0.325. The number of H-pyrrole nitrogens is 1. The number of carboxylic acid groups (broad SMARTS) is 1. The van der Waals surface area contributed by atoms with E-state index in [1.54, 1.807) is 6.08 Å². The van der Waals surface area contributed by atoms with Crippen molar-refractivity contribution >= 4 is 12.0 Å². The van der Waals surface area contributed by atoms with Crippen LogP contribution in [0.25, 0.3) is 34.4 Å². The molecule has 0 aliphatic carbocycles. The molecule has 0 unspecified atom stereocenters. The molecule has 180 valence electrons. The van der Waals surface area contributed by atoms with E-state index in [9.17, 15) is 9.90 Å². The van der Waals surface area contributed by atoms with Crippen LogP contribution in [-0.4, -0.2) is 40.7 Å². The molecule has 36 heavy (non-hydrogen) atoms. The van der Waals surface area contributed by atoms with Gasteiger partial charge in [-0.3, -0.25) is 0 Å². The summed E-state index contributed by atoms with van der Waals surface area (Å²) < 4.78 is 3.96. The summed E-state index contributed by atoms with van der Waals surface area (Å²) in [6.45, 7) is 2.64. The Morgan fingerprint density at radius 2 is 1.78 bits per heavy atom. The first-order chi connectivity index (χ1) is 17.6. The molecule has 5 aromatic rings. The van der Waals surface area contributed by atoms with Crippen LogP contribution in [0.3, 0.4) is 0 Å². The maximum absolute atomic E-state index is 11.2. The number of aliphatic carboxylic acids is 1. The van der Waals surface area contributed by atoms with Gasteiger partial charge in [0.2, 0.25) is 5.82 Å². The van der Waals surface area contributed by atoms with Crippen LogP contribution in [0.15, 0.2) is 79.1 Å². The fourth-order valence-corrected chi connectivity index (χ4v) is 4.25. The fraction of sp³-hybridized carbons (Fsp3) is 0.148. The average Bonchev–Trinajstić information content (AvgIpc) is 3.66. The van der Waals surface area contributed by atoms with Gasteiger partial charge in [-0.15, -0.1) is 10.2 Å². The first-order valence-corrected chi connectivity index (χ1v) is 11.7. The lowest BCUT2D eigenvalue weighted by Crippen LogP contribution is -2.18. The first-order valence-electron chi connectivity index (χ1n) is 11.7. The molecule has 5 rings (SSSR count). The second kappa shape index (κ2) is 10.2. The number of hydrogen-bond donors (Lipinski definition) is 1. The third kappa shape index (κ3) is 4.72. The highest BCUT2D eigenvalue weighted by molar-refractivity contribution is 5.84. The first kappa shape index (κ1) is 23.0. The van der Waals surface area contributed by atoms with E-state index in [0.717, 1.165) is 47.0 Å². The van der Waals surface area contributed by atoms with Crippen molar-refractivity contribution in [1.29, 1.82) is 0 Å². The maximum atomic E-state index is 11.2. The summed E-state index contributed by atoms with van der Waals surface area (Å²) in [6, 6.07) is 20.0. The summed E-state index contributed by atoms with van der Waals surface area (Å²) in [4.78, 5) is 16.1. The number of tetrazole rings is 1. The van der Waals surface area contributed by atoms with Gasteiger partial charge in [0.25, 0.3) is 0 Å². The second-order valence-corrected chi connectivity index (χ2v) is 8.29. The van der Waals surface area contributed by atoms with Crippen LogP contribution in [0.4, 0.5) is 0 Å². The van der Waals surface area contributed by atoms with E-state index in [4.69, 9.17) is 4.98 Å². The van der Waals surface area contributed by atoms with Crippen molar-refractivity contribution in [3.05, 3.63) is 96.2 Å². The molecule has 0 aliphatic rings. The summed E-state index contributed by atoms with van der Waals surface area (Å²) in [7, 11) is 0. The standard InChI is InChI=1S/C27H25N7O2/c1-2-7-24-28-27(33-16-5-6-17-33)23(14-15-25(35)36)34(24)18-19-10-12-20(13-11-19)21-8-3-4-9-22(21)26-29-31-32-30-26/h3-6,8-17H,2,7,18H2,1H3,(H,35,36)(H,29,30,31,32)/p-1/b15-14+. The second-order valence-electron chi connectivity index (χ2n) is 8.29. The van der Waals surface area contributed by atoms with Crippen LogP contribution >= 0.6 is 0 Å². The smallest absolute Gasteiger partial charge is 0.205 e. The lowest BCUT2D eigenvalue weighted by atomic mass is 9.98. The Morgan fingerprint density at radius 1 is 1.03 bits per heavy atom. The van der Waals surface area contributed by atoms with E-state index in [2.05, 4.69) is 56.4 Å². The monoisotopic (exact) mass is 478 g/mol. The number of hydrogen-bond acceptors (Lipinski definition) is 6. The molecule has 0 saturated carbocycles. The number of carboxylic acids is 1. The number of nitrogens with one attached hydrogen (secondary N) is 1. The topological polar surface area (TPSA) is 117 Å². The SMILES string of the molecule is CCCc1nc(-n2cccc2)c(/C=C/C(=O)[O-])n1Cc1ccc(-c2ccccc2-c2nn[nH]n2)cc1. The van der Waals surface area contributed by atoms with Crippen molar-refractivity contribution in [2.24, 2.45) is 0 Å². The number of carbonyl (C=O) groups is 1. The van der Waals surface area contributed by atoms with Gasteiger partial charge < -0.3 is 19.0 Å². The van der Waals surface area contributed by atoms with Crippen molar-refractivity contribution in [3.63, 3.8) is 0 Å². The predicted molar refractivity (Wildman–Crippen MR) is 134 cm³/mol. The Labute approximate surface area is 207 Å². The number of rotatable bonds is 9. The Bertz CT molecular complexity index is 1480. The van der Waals surface area contributed by atoms with Crippen molar-refractivity contribution < 1.29 is 9.90 Å². The molecule has 0 atom stereocenters. The van der Waals surface area contributed by atoms with Gasteiger partial charge in [0.15, 0.2) is 5.82 Å². The summed E-state index contributed by atoms with van der Waals surface area (Å²) in [5, 5.41) is 25.6. The van der Waals surface area contributed by atoms with Crippen LogP contribution < -0.4 is 5.11 Å². The molecule has 0 radical (unpaired) electrons. The number of imidazole rings is 1. The van der Waals surface area contributed by atoms with Crippen molar-refractivity contribution in [2.45, 2.75) is 26.3 Å². The van der Waals surface area contributed by atoms with Crippen LogP contribution in [0.5, 0.6) is 0 Å². The van der Waals surface area contributed by atoms with Crippen molar-refractivity contribution in [1.82, 2.24) is 34.7 Å². The minimum atomic E-state index is -1.25. The van der Waals surface area contributed by atoms with E-state index in [1.165, 1.54) is 0 Å². The van der Waals surface area contributed by atoms with Crippen molar-refractivity contribution in [2.75, 3.05) is 0 Å². The Morgan fingerprint density at radius 3 is 2.44 bits per heavy atom. The molecule has 9 heteroatoms. The average molecular weight is 479 g/mol. The van der Waals surface area contributed by atoms with Crippen LogP contribution in [0.1, 0.15) is 30.4 Å².